The zero-order valence-corrected chi connectivity index (χ0v) is 15.4. The lowest BCUT2D eigenvalue weighted by Gasteiger charge is -2.37. The molecule has 0 aromatic heterocycles. The fraction of sp³-hybridized carbons (Fsp3) is 0.632. The van der Waals surface area contributed by atoms with Gasteiger partial charge in [-0.25, -0.2) is 0 Å². The monoisotopic (exact) mass is 356 g/mol. The summed E-state index contributed by atoms with van der Waals surface area (Å²) in [7, 11) is 0. The van der Waals surface area contributed by atoms with Crippen LogP contribution < -0.4 is 4.90 Å². The summed E-state index contributed by atoms with van der Waals surface area (Å²) in [5.41, 5.74) is 0.0315. The summed E-state index contributed by atoms with van der Waals surface area (Å²) in [6.07, 6.45) is -3.25. The molecule has 0 unspecified atom stereocenters. The molecule has 1 aliphatic rings. The summed E-state index contributed by atoms with van der Waals surface area (Å²) in [4.78, 5) is 15.7. The van der Waals surface area contributed by atoms with Gasteiger partial charge in [-0.05, 0) is 35.6 Å². The number of nitrogens with zero attached hydrogens (tertiary/aromatic N) is 2. The zero-order chi connectivity index (χ0) is 18.8. The number of piperazine rings is 1. The molecule has 3 nitrogen and oxygen atoms in total. The molecule has 1 aromatic rings. The third kappa shape index (κ3) is 4.28. The van der Waals surface area contributed by atoms with Gasteiger partial charge in [-0.2, -0.15) is 13.2 Å². The molecular formula is C19H27F3N2O. The maximum absolute atomic E-state index is 13.4. The van der Waals surface area contributed by atoms with Crippen LogP contribution in [-0.2, 0) is 16.4 Å². The predicted molar refractivity (Wildman–Crippen MR) is 93.8 cm³/mol. The Morgan fingerprint density at radius 3 is 2.12 bits per heavy atom. The van der Waals surface area contributed by atoms with Gasteiger partial charge in [0.25, 0.3) is 0 Å². The Morgan fingerprint density at radius 1 is 1.04 bits per heavy atom. The van der Waals surface area contributed by atoms with E-state index < -0.39 is 17.2 Å². The minimum Gasteiger partial charge on any atom is -0.368 e. The normalized spacial score (nSPS) is 16.3. The first kappa shape index (κ1) is 19.6. The molecule has 0 saturated carbocycles. The fourth-order valence-corrected chi connectivity index (χ4v) is 3.16. The number of benzene rings is 1. The number of amides is 1. The van der Waals surface area contributed by atoms with Gasteiger partial charge >= 0.3 is 6.18 Å². The molecular weight excluding hydrogens is 329 g/mol. The van der Waals surface area contributed by atoms with Crippen LogP contribution in [0.1, 0.15) is 51.7 Å². The van der Waals surface area contributed by atoms with Crippen molar-refractivity contribution in [3.8, 4) is 0 Å². The van der Waals surface area contributed by atoms with Crippen LogP contribution in [0.2, 0.25) is 0 Å². The lowest BCUT2D eigenvalue weighted by Crippen LogP contribution is -2.48. The number of halogens is 3. The topological polar surface area (TPSA) is 23.6 Å². The maximum atomic E-state index is 13.4. The van der Waals surface area contributed by atoms with Gasteiger partial charge in [-0.15, -0.1) is 0 Å². The molecule has 0 N–H and O–H groups in total. The SMILES string of the molecule is CCC(=O)N1CCN(c2ccc(C(F)(F)F)c(C(C)(C)CC)c2)CC1. The van der Waals surface area contributed by atoms with Crippen LogP contribution in [0.5, 0.6) is 0 Å². The third-order valence-corrected chi connectivity index (χ3v) is 5.22. The van der Waals surface area contributed by atoms with E-state index in [0.717, 1.165) is 5.69 Å². The Labute approximate surface area is 147 Å². The van der Waals surface area contributed by atoms with Crippen molar-refractivity contribution in [2.45, 2.75) is 52.1 Å². The fourth-order valence-electron chi connectivity index (χ4n) is 3.16. The highest BCUT2D eigenvalue weighted by Crippen LogP contribution is 2.40. The van der Waals surface area contributed by atoms with Gasteiger partial charge in [0.15, 0.2) is 0 Å². The molecule has 1 saturated heterocycles. The van der Waals surface area contributed by atoms with Gasteiger partial charge in [0.05, 0.1) is 5.56 Å². The van der Waals surface area contributed by atoms with Crippen LogP contribution in [0.25, 0.3) is 0 Å². The molecule has 25 heavy (non-hydrogen) atoms. The van der Waals surface area contributed by atoms with Gasteiger partial charge in [0, 0.05) is 38.3 Å². The van der Waals surface area contributed by atoms with E-state index >= 15 is 0 Å². The van der Waals surface area contributed by atoms with Crippen molar-refractivity contribution in [3.05, 3.63) is 29.3 Å². The van der Waals surface area contributed by atoms with Crippen LogP contribution in [0.3, 0.4) is 0 Å². The number of anilines is 1. The van der Waals surface area contributed by atoms with Crippen LogP contribution >= 0.6 is 0 Å². The Balaban J connectivity index is 2.29. The summed E-state index contributed by atoms with van der Waals surface area (Å²) < 4.78 is 40.2. The summed E-state index contributed by atoms with van der Waals surface area (Å²) in [6.45, 7) is 9.94. The van der Waals surface area contributed by atoms with Gasteiger partial charge in [0.2, 0.25) is 5.91 Å². The number of carbonyl (C=O) groups excluding carboxylic acids is 1. The average Bonchev–Trinajstić information content (AvgIpc) is 2.60. The zero-order valence-electron chi connectivity index (χ0n) is 15.4. The predicted octanol–water partition coefficient (Wildman–Crippen LogP) is 4.45. The lowest BCUT2D eigenvalue weighted by atomic mass is 9.79. The molecule has 0 radical (unpaired) electrons. The number of hydrogen-bond acceptors (Lipinski definition) is 2. The molecule has 0 bridgehead atoms. The van der Waals surface area contributed by atoms with E-state index in [1.165, 1.54) is 6.07 Å². The highest BCUT2D eigenvalue weighted by Gasteiger charge is 2.37. The second kappa shape index (κ2) is 7.26. The summed E-state index contributed by atoms with van der Waals surface area (Å²) >= 11 is 0. The third-order valence-electron chi connectivity index (χ3n) is 5.22. The van der Waals surface area contributed by atoms with Crippen molar-refractivity contribution in [1.82, 2.24) is 4.90 Å². The van der Waals surface area contributed by atoms with Crippen LogP contribution in [0, 0.1) is 0 Å². The van der Waals surface area contributed by atoms with E-state index in [0.29, 0.717) is 44.6 Å². The van der Waals surface area contributed by atoms with Crippen LogP contribution in [0.15, 0.2) is 18.2 Å². The number of rotatable bonds is 4. The first-order valence-corrected chi connectivity index (χ1v) is 8.84. The van der Waals surface area contributed by atoms with Crippen molar-refractivity contribution in [2.24, 2.45) is 0 Å². The molecule has 0 aliphatic carbocycles. The smallest absolute Gasteiger partial charge is 0.368 e. The molecule has 1 aromatic carbocycles. The van der Waals surface area contributed by atoms with E-state index in [9.17, 15) is 18.0 Å². The Morgan fingerprint density at radius 2 is 1.64 bits per heavy atom. The summed E-state index contributed by atoms with van der Waals surface area (Å²) in [6, 6.07) is 4.44. The summed E-state index contributed by atoms with van der Waals surface area (Å²) in [5.74, 6) is 0.125. The largest absolute Gasteiger partial charge is 0.416 e. The maximum Gasteiger partial charge on any atom is 0.416 e. The molecule has 2 rings (SSSR count). The quantitative estimate of drug-likeness (QED) is 0.796. The Hall–Kier alpha value is -1.72. The van der Waals surface area contributed by atoms with Gasteiger partial charge < -0.3 is 9.80 Å². The van der Waals surface area contributed by atoms with Crippen LogP contribution in [0.4, 0.5) is 18.9 Å². The summed E-state index contributed by atoms with van der Waals surface area (Å²) in [5, 5.41) is 0. The Bertz CT molecular complexity index is 618. The molecule has 6 heteroatoms. The highest BCUT2D eigenvalue weighted by atomic mass is 19.4. The van der Waals surface area contributed by atoms with E-state index in [1.54, 1.807) is 12.1 Å². The number of carbonyl (C=O) groups is 1. The second-order valence-corrected chi connectivity index (χ2v) is 7.19. The van der Waals surface area contributed by atoms with Crippen molar-refractivity contribution in [1.29, 1.82) is 0 Å². The van der Waals surface area contributed by atoms with E-state index in [1.807, 2.05) is 32.6 Å². The highest BCUT2D eigenvalue weighted by molar-refractivity contribution is 5.76. The Kier molecular flexibility index (Phi) is 5.69. The molecule has 1 fully saturated rings. The number of hydrogen-bond donors (Lipinski definition) is 0. The average molecular weight is 356 g/mol. The molecule has 1 aliphatic heterocycles. The van der Waals surface area contributed by atoms with E-state index in [2.05, 4.69) is 4.90 Å². The van der Waals surface area contributed by atoms with Gasteiger partial charge in [-0.3, -0.25) is 4.79 Å². The molecule has 140 valence electrons. The van der Waals surface area contributed by atoms with Gasteiger partial charge in [0.1, 0.15) is 0 Å². The van der Waals surface area contributed by atoms with Crippen molar-refractivity contribution in [3.63, 3.8) is 0 Å². The van der Waals surface area contributed by atoms with E-state index in [-0.39, 0.29) is 5.91 Å². The second-order valence-electron chi connectivity index (χ2n) is 7.19. The van der Waals surface area contributed by atoms with E-state index in [4.69, 9.17) is 0 Å². The first-order valence-electron chi connectivity index (χ1n) is 8.84. The first-order chi connectivity index (χ1) is 11.6. The molecule has 1 amide bonds. The lowest BCUT2D eigenvalue weighted by molar-refractivity contribution is -0.138. The minimum absolute atomic E-state index is 0.125. The molecule has 0 spiro atoms. The van der Waals surface area contributed by atoms with Crippen molar-refractivity contribution in [2.75, 3.05) is 31.1 Å². The van der Waals surface area contributed by atoms with Crippen molar-refractivity contribution >= 4 is 11.6 Å². The van der Waals surface area contributed by atoms with Crippen molar-refractivity contribution < 1.29 is 18.0 Å². The molecule has 0 atom stereocenters. The minimum atomic E-state index is -4.35. The van der Waals surface area contributed by atoms with Gasteiger partial charge in [-0.1, -0.05) is 27.7 Å². The number of alkyl halides is 3. The molecule has 1 heterocycles. The standard InChI is InChI=1S/C19H27F3N2O/c1-5-17(25)24-11-9-23(10-12-24)14-7-8-15(19(20,21)22)16(13-14)18(3,4)6-2/h7-8,13H,5-6,9-12H2,1-4H3. The van der Waals surface area contributed by atoms with Crippen LogP contribution in [-0.4, -0.2) is 37.0 Å².